The van der Waals surface area contributed by atoms with Crippen molar-refractivity contribution in [1.29, 1.82) is 0 Å². The molecule has 3 saturated heterocycles. The van der Waals surface area contributed by atoms with Crippen LogP contribution in [0, 0.1) is 11.3 Å². The van der Waals surface area contributed by atoms with Gasteiger partial charge in [-0.2, -0.15) is 0 Å². The van der Waals surface area contributed by atoms with Crippen LogP contribution in [0.25, 0.3) is 0 Å². The number of carbonyl (C=O) groups excluding carboxylic acids is 2. The van der Waals surface area contributed by atoms with Crippen molar-refractivity contribution < 1.29 is 19.1 Å². The molecule has 2 aromatic rings. The van der Waals surface area contributed by atoms with Crippen molar-refractivity contribution in [3.63, 3.8) is 0 Å². The fraction of sp³-hybridized carbons (Fsp3) is 0.562. The van der Waals surface area contributed by atoms with Crippen molar-refractivity contribution in [3.05, 3.63) is 65.7 Å². The van der Waals surface area contributed by atoms with Crippen molar-refractivity contribution in [3.8, 4) is 5.75 Å². The normalized spacial score (nSPS) is 23.4. The van der Waals surface area contributed by atoms with Crippen LogP contribution in [0.1, 0.15) is 57.1 Å². The molecule has 0 aliphatic carbocycles. The third kappa shape index (κ3) is 6.57. The van der Waals surface area contributed by atoms with Gasteiger partial charge in [-0.25, -0.2) is 4.79 Å². The largest absolute Gasteiger partial charge is 0.497 e. The molecule has 0 unspecified atom stereocenters. The Morgan fingerprint density at radius 1 is 1.00 bits per heavy atom. The molecule has 7 heteroatoms. The number of amides is 2. The van der Waals surface area contributed by atoms with Gasteiger partial charge in [-0.1, -0.05) is 42.5 Å². The number of hydrogen-bond donors (Lipinski definition) is 0. The van der Waals surface area contributed by atoms with E-state index in [0.717, 1.165) is 50.3 Å². The number of rotatable bonds is 6. The Morgan fingerprint density at radius 2 is 1.69 bits per heavy atom. The van der Waals surface area contributed by atoms with E-state index in [2.05, 4.69) is 29.2 Å². The third-order valence-corrected chi connectivity index (χ3v) is 8.67. The molecule has 0 saturated carbocycles. The van der Waals surface area contributed by atoms with Crippen LogP contribution in [-0.4, -0.2) is 78.7 Å². The van der Waals surface area contributed by atoms with E-state index in [-0.39, 0.29) is 17.4 Å². The fourth-order valence-electron chi connectivity index (χ4n) is 6.56. The van der Waals surface area contributed by atoms with Crippen molar-refractivity contribution in [2.45, 2.75) is 58.1 Å². The summed E-state index contributed by atoms with van der Waals surface area (Å²) in [6, 6.07) is 18.6. The van der Waals surface area contributed by atoms with Crippen LogP contribution < -0.4 is 4.74 Å². The van der Waals surface area contributed by atoms with E-state index in [4.69, 9.17) is 9.47 Å². The van der Waals surface area contributed by atoms with E-state index in [1.165, 1.54) is 5.56 Å². The second-order valence-corrected chi connectivity index (χ2v) is 12.7. The molecule has 39 heavy (non-hydrogen) atoms. The Bertz CT molecular complexity index is 1140. The molecular weight excluding hydrogens is 490 g/mol. The highest BCUT2D eigenvalue weighted by atomic mass is 16.6. The minimum atomic E-state index is -0.501. The molecule has 3 heterocycles. The van der Waals surface area contributed by atoms with Crippen LogP contribution in [0.3, 0.4) is 0 Å². The van der Waals surface area contributed by atoms with E-state index < -0.39 is 5.60 Å². The maximum atomic E-state index is 13.0. The maximum Gasteiger partial charge on any atom is 0.410 e. The van der Waals surface area contributed by atoms with E-state index in [0.29, 0.717) is 37.9 Å². The molecule has 2 aromatic carbocycles. The molecule has 2 atom stereocenters. The minimum absolute atomic E-state index is 0.0805. The van der Waals surface area contributed by atoms with Crippen LogP contribution in [0.5, 0.6) is 5.75 Å². The van der Waals surface area contributed by atoms with E-state index in [1.807, 2.05) is 60.9 Å². The number of carbonyl (C=O) groups is 2. The van der Waals surface area contributed by atoms with Crippen LogP contribution in [0.4, 0.5) is 4.79 Å². The molecule has 210 valence electrons. The van der Waals surface area contributed by atoms with Gasteiger partial charge in [-0.3, -0.25) is 4.79 Å². The van der Waals surface area contributed by atoms with Gasteiger partial charge in [0.1, 0.15) is 11.4 Å². The predicted octanol–water partition coefficient (Wildman–Crippen LogP) is 5.16. The van der Waals surface area contributed by atoms with E-state index >= 15 is 0 Å². The zero-order chi connectivity index (χ0) is 27.6. The number of ether oxygens (including phenoxy) is 2. The third-order valence-electron chi connectivity index (χ3n) is 8.67. The van der Waals surface area contributed by atoms with Gasteiger partial charge < -0.3 is 24.2 Å². The quantitative estimate of drug-likeness (QED) is 0.513. The first kappa shape index (κ1) is 27.5. The van der Waals surface area contributed by atoms with Crippen molar-refractivity contribution in [2.24, 2.45) is 11.3 Å². The molecule has 1 spiro atoms. The topological polar surface area (TPSA) is 62.3 Å². The number of nitrogens with zero attached hydrogens (tertiary/aromatic N) is 3. The van der Waals surface area contributed by atoms with Crippen molar-refractivity contribution in [1.82, 2.24) is 14.7 Å². The molecule has 0 bridgehead atoms. The van der Waals surface area contributed by atoms with E-state index in [1.54, 1.807) is 7.11 Å². The summed E-state index contributed by atoms with van der Waals surface area (Å²) in [5.41, 5.74) is 2.01. The lowest BCUT2D eigenvalue weighted by Gasteiger charge is -2.40. The van der Waals surface area contributed by atoms with Gasteiger partial charge in [0.15, 0.2) is 0 Å². The summed E-state index contributed by atoms with van der Waals surface area (Å²) in [6.07, 6.45) is 2.51. The summed E-state index contributed by atoms with van der Waals surface area (Å²) >= 11 is 0. The van der Waals surface area contributed by atoms with Gasteiger partial charge >= 0.3 is 6.09 Å². The molecule has 0 radical (unpaired) electrons. The maximum absolute atomic E-state index is 13.0. The lowest BCUT2D eigenvalue weighted by Crippen LogP contribution is -2.44. The molecule has 2 amide bonds. The minimum Gasteiger partial charge on any atom is -0.497 e. The Hall–Kier alpha value is -3.06. The Labute approximate surface area is 233 Å². The van der Waals surface area contributed by atoms with Crippen LogP contribution in [0.2, 0.25) is 0 Å². The highest BCUT2D eigenvalue weighted by molar-refractivity contribution is 5.79. The summed E-state index contributed by atoms with van der Waals surface area (Å²) in [6.45, 7) is 11.6. The SMILES string of the molecule is COc1ccc(CN2CC3(CCN(C[C@H]4CN(C(=O)OC(C)(C)C)C[C@@H]4c4ccccc4)CC3)CC2=O)cc1. The number of likely N-dealkylation sites (tertiary alicyclic amines) is 3. The standard InChI is InChI=1S/C32H43N3O4/c1-31(2,3)39-30(37)34-21-26(28(22-34)25-8-6-5-7-9-25)20-33-16-14-32(15-17-33)18-29(36)35(23-32)19-24-10-12-27(38-4)13-11-24/h5-13,26,28H,14-23H2,1-4H3/t26-,28+/m0/s1. The first-order chi connectivity index (χ1) is 18.6. The first-order valence-corrected chi connectivity index (χ1v) is 14.3. The summed E-state index contributed by atoms with van der Waals surface area (Å²) < 4.78 is 11.0. The fourth-order valence-corrected chi connectivity index (χ4v) is 6.56. The smallest absolute Gasteiger partial charge is 0.410 e. The second-order valence-electron chi connectivity index (χ2n) is 12.7. The van der Waals surface area contributed by atoms with Crippen LogP contribution in [0.15, 0.2) is 54.6 Å². The zero-order valence-electron chi connectivity index (χ0n) is 23.9. The molecule has 7 nitrogen and oxygen atoms in total. The Balaban J connectivity index is 1.19. The van der Waals surface area contributed by atoms with Gasteiger partial charge in [-0.05, 0) is 81.3 Å². The first-order valence-electron chi connectivity index (χ1n) is 14.3. The average molecular weight is 534 g/mol. The van der Waals surface area contributed by atoms with Gasteiger partial charge in [0.25, 0.3) is 0 Å². The second kappa shape index (κ2) is 11.2. The summed E-state index contributed by atoms with van der Waals surface area (Å²) in [5.74, 6) is 1.75. The van der Waals surface area contributed by atoms with Crippen LogP contribution in [-0.2, 0) is 16.1 Å². The monoisotopic (exact) mass is 533 g/mol. The van der Waals surface area contributed by atoms with Gasteiger partial charge in [-0.15, -0.1) is 0 Å². The molecular formula is C32H43N3O4. The number of hydrogen-bond acceptors (Lipinski definition) is 5. The average Bonchev–Trinajstić information content (AvgIpc) is 3.46. The van der Waals surface area contributed by atoms with Crippen LogP contribution >= 0.6 is 0 Å². The predicted molar refractivity (Wildman–Crippen MR) is 152 cm³/mol. The van der Waals surface area contributed by atoms with Gasteiger partial charge in [0, 0.05) is 45.1 Å². The highest BCUT2D eigenvalue weighted by Crippen LogP contribution is 2.42. The lowest BCUT2D eigenvalue weighted by molar-refractivity contribution is -0.128. The summed E-state index contributed by atoms with van der Waals surface area (Å²) in [5, 5.41) is 0. The van der Waals surface area contributed by atoms with Gasteiger partial charge in [0.05, 0.1) is 7.11 Å². The molecule has 0 N–H and O–H groups in total. The molecule has 3 aliphatic rings. The molecule has 3 fully saturated rings. The van der Waals surface area contributed by atoms with Crippen molar-refractivity contribution in [2.75, 3.05) is 46.4 Å². The van der Waals surface area contributed by atoms with E-state index in [9.17, 15) is 9.59 Å². The molecule has 3 aliphatic heterocycles. The summed E-state index contributed by atoms with van der Waals surface area (Å²) in [7, 11) is 1.67. The number of benzene rings is 2. The molecule has 0 aromatic heterocycles. The Morgan fingerprint density at radius 3 is 2.33 bits per heavy atom. The lowest BCUT2D eigenvalue weighted by atomic mass is 9.77. The van der Waals surface area contributed by atoms with Crippen molar-refractivity contribution >= 4 is 12.0 Å². The Kier molecular flexibility index (Phi) is 7.90. The highest BCUT2D eigenvalue weighted by Gasteiger charge is 2.46. The number of methoxy groups -OCH3 is 1. The zero-order valence-corrected chi connectivity index (χ0v) is 23.9. The summed E-state index contributed by atoms with van der Waals surface area (Å²) in [4.78, 5) is 32.4. The molecule has 5 rings (SSSR count). The number of piperidine rings is 1. The van der Waals surface area contributed by atoms with Gasteiger partial charge in [0.2, 0.25) is 5.91 Å².